The minimum absolute atomic E-state index is 0.00947. The quantitative estimate of drug-likeness (QED) is 0.355. The molecule has 0 saturated carbocycles. The Kier molecular flexibility index (Phi) is 8.69. The number of hydrogen-bond donors (Lipinski definition) is 1. The standard InChI is InChI=1S/C21H24Cl3FO3/c1-21(2,14-4-6-17(7-5-14)27-9-3-8-25)15-10-18(23)20(19(24)11-15)28-13-16(26)12-22/h4-7,10-11,16,26H,3,8-9,12-13H2,1-2H3. The number of ether oxygens (including phenoxy) is 2. The van der Waals surface area contributed by atoms with Crippen molar-refractivity contribution in [2.75, 3.05) is 25.8 Å². The normalized spacial score (nSPS) is 12.7. The summed E-state index contributed by atoms with van der Waals surface area (Å²) < 4.78 is 23.2. The second-order valence-electron chi connectivity index (χ2n) is 6.93. The highest BCUT2D eigenvalue weighted by atomic mass is 35.5. The fourth-order valence-electron chi connectivity index (χ4n) is 2.66. The summed E-state index contributed by atoms with van der Waals surface area (Å²) >= 11 is 18.3. The molecular weight excluding hydrogens is 426 g/mol. The molecule has 0 aliphatic heterocycles. The average Bonchev–Trinajstić information content (AvgIpc) is 2.67. The molecule has 1 N–H and O–H groups in total. The number of hydrogen-bond acceptors (Lipinski definition) is 3. The van der Waals surface area contributed by atoms with Crippen molar-refractivity contribution in [2.24, 2.45) is 0 Å². The summed E-state index contributed by atoms with van der Waals surface area (Å²) in [5.74, 6) is 1.09. The van der Waals surface area contributed by atoms with Crippen LogP contribution in [0.4, 0.5) is 4.39 Å². The van der Waals surface area contributed by atoms with Gasteiger partial charge in [0.1, 0.15) is 18.5 Å². The van der Waals surface area contributed by atoms with Crippen molar-refractivity contribution in [1.29, 1.82) is 0 Å². The van der Waals surface area contributed by atoms with E-state index in [1.54, 1.807) is 0 Å². The van der Waals surface area contributed by atoms with E-state index in [2.05, 4.69) is 13.8 Å². The molecule has 154 valence electrons. The van der Waals surface area contributed by atoms with Gasteiger partial charge in [0.15, 0.2) is 5.75 Å². The first-order valence-corrected chi connectivity index (χ1v) is 10.2. The zero-order valence-corrected chi connectivity index (χ0v) is 18.1. The van der Waals surface area contributed by atoms with Gasteiger partial charge in [0.05, 0.1) is 29.2 Å². The smallest absolute Gasteiger partial charge is 0.156 e. The van der Waals surface area contributed by atoms with E-state index < -0.39 is 12.8 Å². The Hall–Kier alpha value is -1.20. The fourth-order valence-corrected chi connectivity index (χ4v) is 3.35. The maximum atomic E-state index is 12.2. The van der Waals surface area contributed by atoms with Crippen LogP contribution < -0.4 is 9.47 Å². The minimum Gasteiger partial charge on any atom is -0.494 e. The van der Waals surface area contributed by atoms with Gasteiger partial charge in [-0.3, -0.25) is 4.39 Å². The first-order chi connectivity index (χ1) is 13.3. The lowest BCUT2D eigenvalue weighted by Crippen LogP contribution is -2.20. The van der Waals surface area contributed by atoms with Crippen molar-refractivity contribution in [3.63, 3.8) is 0 Å². The number of aliphatic hydroxyl groups is 1. The molecule has 0 saturated heterocycles. The van der Waals surface area contributed by atoms with E-state index in [1.807, 2.05) is 36.4 Å². The monoisotopic (exact) mass is 448 g/mol. The maximum absolute atomic E-state index is 12.2. The van der Waals surface area contributed by atoms with Crippen LogP contribution in [0, 0.1) is 0 Å². The molecule has 0 spiro atoms. The molecule has 2 aromatic rings. The first kappa shape index (κ1) is 23.1. The van der Waals surface area contributed by atoms with Gasteiger partial charge in [-0.25, -0.2) is 0 Å². The zero-order valence-electron chi connectivity index (χ0n) is 15.9. The molecule has 0 aliphatic carbocycles. The van der Waals surface area contributed by atoms with Gasteiger partial charge in [-0.15, -0.1) is 11.6 Å². The van der Waals surface area contributed by atoms with Crippen LogP contribution in [-0.4, -0.2) is 37.0 Å². The van der Waals surface area contributed by atoms with E-state index in [4.69, 9.17) is 44.3 Å². The van der Waals surface area contributed by atoms with Crippen LogP contribution >= 0.6 is 34.8 Å². The summed E-state index contributed by atoms with van der Waals surface area (Å²) in [4.78, 5) is 0. The summed E-state index contributed by atoms with van der Waals surface area (Å²) in [5.41, 5.74) is 1.58. The van der Waals surface area contributed by atoms with Gasteiger partial charge in [-0.1, -0.05) is 49.2 Å². The third kappa shape index (κ3) is 5.90. The van der Waals surface area contributed by atoms with E-state index in [0.717, 1.165) is 11.1 Å². The summed E-state index contributed by atoms with van der Waals surface area (Å²) in [7, 11) is 0. The van der Waals surface area contributed by atoms with Crippen molar-refractivity contribution < 1.29 is 19.0 Å². The van der Waals surface area contributed by atoms with Gasteiger partial charge in [0, 0.05) is 11.8 Å². The lowest BCUT2D eigenvalue weighted by molar-refractivity contribution is 0.125. The molecule has 2 rings (SSSR count). The SMILES string of the molecule is CC(C)(c1ccc(OCCCF)cc1)c1cc(Cl)c(OCC(O)CCl)c(Cl)c1. The van der Waals surface area contributed by atoms with E-state index in [0.29, 0.717) is 34.6 Å². The third-order valence-electron chi connectivity index (χ3n) is 4.44. The Morgan fingerprint density at radius 1 is 1.04 bits per heavy atom. The van der Waals surface area contributed by atoms with E-state index >= 15 is 0 Å². The Balaban J connectivity index is 2.20. The van der Waals surface area contributed by atoms with Crippen molar-refractivity contribution in [1.82, 2.24) is 0 Å². The summed E-state index contributed by atoms with van der Waals surface area (Å²) in [6.07, 6.45) is -0.420. The Bertz CT molecular complexity index is 743. The highest BCUT2D eigenvalue weighted by Gasteiger charge is 2.26. The molecule has 1 atom stereocenters. The molecule has 0 aliphatic rings. The predicted octanol–water partition coefficient (Wildman–Crippen LogP) is 6.04. The van der Waals surface area contributed by atoms with Crippen molar-refractivity contribution in [3.8, 4) is 11.5 Å². The van der Waals surface area contributed by atoms with Crippen LogP contribution in [0.3, 0.4) is 0 Å². The molecule has 0 heterocycles. The van der Waals surface area contributed by atoms with Crippen molar-refractivity contribution in [2.45, 2.75) is 31.8 Å². The highest BCUT2D eigenvalue weighted by Crippen LogP contribution is 2.40. The van der Waals surface area contributed by atoms with Gasteiger partial charge >= 0.3 is 0 Å². The number of benzene rings is 2. The minimum atomic E-state index is -0.796. The molecular formula is C21H24Cl3FO3. The molecule has 28 heavy (non-hydrogen) atoms. The van der Waals surface area contributed by atoms with Crippen LogP contribution in [0.15, 0.2) is 36.4 Å². The number of aliphatic hydroxyl groups excluding tert-OH is 1. The van der Waals surface area contributed by atoms with Crippen LogP contribution in [0.25, 0.3) is 0 Å². The molecule has 0 aromatic heterocycles. The van der Waals surface area contributed by atoms with E-state index in [9.17, 15) is 9.50 Å². The topological polar surface area (TPSA) is 38.7 Å². The van der Waals surface area contributed by atoms with Crippen LogP contribution in [0.5, 0.6) is 11.5 Å². The molecule has 0 fully saturated rings. The lowest BCUT2D eigenvalue weighted by atomic mass is 9.78. The van der Waals surface area contributed by atoms with Gasteiger partial charge in [-0.2, -0.15) is 0 Å². The Morgan fingerprint density at radius 2 is 1.64 bits per heavy atom. The summed E-state index contributed by atoms with van der Waals surface area (Å²) in [6.45, 7) is 4.09. The Labute approximate surface area is 180 Å². The molecule has 0 amide bonds. The van der Waals surface area contributed by atoms with Gasteiger partial charge in [0.25, 0.3) is 0 Å². The van der Waals surface area contributed by atoms with Crippen molar-refractivity contribution >= 4 is 34.8 Å². The third-order valence-corrected chi connectivity index (χ3v) is 5.36. The zero-order chi connectivity index (χ0) is 20.7. The van der Waals surface area contributed by atoms with Gasteiger partial charge in [-0.05, 0) is 35.4 Å². The van der Waals surface area contributed by atoms with Crippen molar-refractivity contribution in [3.05, 3.63) is 57.6 Å². The summed E-state index contributed by atoms with van der Waals surface area (Å²) in [5, 5.41) is 10.3. The molecule has 0 bridgehead atoms. The lowest BCUT2D eigenvalue weighted by Gasteiger charge is -2.27. The average molecular weight is 450 g/mol. The maximum Gasteiger partial charge on any atom is 0.156 e. The highest BCUT2D eigenvalue weighted by molar-refractivity contribution is 6.37. The predicted molar refractivity (Wildman–Crippen MR) is 113 cm³/mol. The molecule has 7 heteroatoms. The number of rotatable bonds is 10. The van der Waals surface area contributed by atoms with E-state index in [1.165, 1.54) is 0 Å². The number of alkyl halides is 2. The molecule has 2 aromatic carbocycles. The Morgan fingerprint density at radius 3 is 2.18 bits per heavy atom. The summed E-state index contributed by atoms with van der Waals surface area (Å²) in [6, 6.07) is 11.3. The molecule has 1 unspecified atom stereocenters. The number of halogens is 4. The second-order valence-corrected chi connectivity index (χ2v) is 8.05. The second kappa shape index (κ2) is 10.5. The fraction of sp³-hybridized carbons (Fsp3) is 0.429. The van der Waals surface area contributed by atoms with E-state index in [-0.39, 0.29) is 17.9 Å². The van der Waals surface area contributed by atoms with Gasteiger partial charge < -0.3 is 14.6 Å². The van der Waals surface area contributed by atoms with Crippen LogP contribution in [-0.2, 0) is 5.41 Å². The largest absolute Gasteiger partial charge is 0.494 e. The first-order valence-electron chi connectivity index (χ1n) is 8.95. The van der Waals surface area contributed by atoms with Gasteiger partial charge in [0.2, 0.25) is 0 Å². The molecule has 3 nitrogen and oxygen atoms in total. The van der Waals surface area contributed by atoms with Crippen LogP contribution in [0.1, 0.15) is 31.4 Å². The van der Waals surface area contributed by atoms with Crippen LogP contribution in [0.2, 0.25) is 10.0 Å². The molecule has 0 radical (unpaired) electrons.